The van der Waals surface area contributed by atoms with E-state index in [0.29, 0.717) is 13.0 Å². The molecule has 62 valence electrons. The standard InChI is InChI=1S/C4H9IO3S2/c1-10(6,7)4-2-3-8-9-5/h2-4H2,1H3. The zero-order valence-electron chi connectivity index (χ0n) is 5.54. The Labute approximate surface area is 77.6 Å². The Kier molecular flexibility index (Phi) is 6.17. The molecule has 0 atom stereocenters. The van der Waals surface area contributed by atoms with Crippen molar-refractivity contribution < 1.29 is 12.6 Å². The van der Waals surface area contributed by atoms with Crippen molar-refractivity contribution in [2.75, 3.05) is 18.6 Å². The predicted octanol–water partition coefficient (Wildman–Crippen LogP) is 1.44. The van der Waals surface area contributed by atoms with Crippen molar-refractivity contribution >= 4 is 40.3 Å². The van der Waals surface area contributed by atoms with Gasteiger partial charge in [0.15, 0.2) is 0 Å². The molecule has 3 nitrogen and oxygen atoms in total. The van der Waals surface area contributed by atoms with E-state index in [-0.39, 0.29) is 5.75 Å². The number of rotatable bonds is 5. The molecular weight excluding hydrogens is 287 g/mol. The molecule has 0 saturated carbocycles. The van der Waals surface area contributed by atoms with Crippen molar-refractivity contribution in [1.82, 2.24) is 0 Å². The van der Waals surface area contributed by atoms with Crippen LogP contribution >= 0.6 is 30.4 Å². The molecule has 0 saturated heterocycles. The molecule has 0 aromatic heterocycles. The fraction of sp³-hybridized carbons (Fsp3) is 1.00. The lowest BCUT2D eigenvalue weighted by atomic mass is 10.5. The van der Waals surface area contributed by atoms with E-state index in [4.69, 9.17) is 4.18 Å². The van der Waals surface area contributed by atoms with Crippen LogP contribution in [0, 0.1) is 0 Å². The molecule has 0 aromatic carbocycles. The minimum atomic E-state index is -2.80. The number of halogens is 1. The predicted molar refractivity (Wildman–Crippen MR) is 51.9 cm³/mol. The molecule has 0 aliphatic rings. The summed E-state index contributed by atoms with van der Waals surface area (Å²) in [6.45, 7) is 0.501. The quantitative estimate of drug-likeness (QED) is 0.437. The topological polar surface area (TPSA) is 43.4 Å². The molecule has 0 rings (SSSR count). The number of sulfone groups is 1. The van der Waals surface area contributed by atoms with Crippen LogP contribution in [-0.2, 0) is 14.0 Å². The van der Waals surface area contributed by atoms with Gasteiger partial charge in [-0.25, -0.2) is 8.42 Å². The van der Waals surface area contributed by atoms with Gasteiger partial charge in [0, 0.05) is 27.5 Å². The summed E-state index contributed by atoms with van der Waals surface area (Å²) >= 11 is 1.99. The van der Waals surface area contributed by atoms with Gasteiger partial charge in [-0.1, -0.05) is 0 Å². The normalized spacial score (nSPS) is 11.8. The monoisotopic (exact) mass is 296 g/mol. The highest BCUT2D eigenvalue weighted by molar-refractivity contribution is 14.2. The summed E-state index contributed by atoms with van der Waals surface area (Å²) in [6.07, 6.45) is 1.80. The van der Waals surface area contributed by atoms with Gasteiger partial charge in [-0.15, -0.1) is 0 Å². The molecule has 0 heterocycles. The second-order valence-electron chi connectivity index (χ2n) is 1.87. The lowest BCUT2D eigenvalue weighted by Gasteiger charge is -1.96. The van der Waals surface area contributed by atoms with Crippen LogP contribution in [0.2, 0.25) is 0 Å². The van der Waals surface area contributed by atoms with E-state index >= 15 is 0 Å². The van der Waals surface area contributed by atoms with Gasteiger partial charge in [0.2, 0.25) is 0 Å². The molecule has 0 aliphatic heterocycles. The van der Waals surface area contributed by atoms with Crippen LogP contribution in [0.3, 0.4) is 0 Å². The van der Waals surface area contributed by atoms with Gasteiger partial charge in [-0.2, -0.15) is 0 Å². The largest absolute Gasteiger partial charge is 0.305 e. The Balaban J connectivity index is 3.21. The van der Waals surface area contributed by atoms with Crippen LogP contribution in [0.5, 0.6) is 0 Å². The van der Waals surface area contributed by atoms with Crippen molar-refractivity contribution in [2.24, 2.45) is 0 Å². The first-order valence-electron chi connectivity index (χ1n) is 2.64. The Morgan fingerprint density at radius 2 is 2.20 bits per heavy atom. The minimum Gasteiger partial charge on any atom is -0.305 e. The molecule has 0 radical (unpaired) electrons. The summed E-state index contributed by atoms with van der Waals surface area (Å²) in [5.74, 6) is 0.212. The smallest absolute Gasteiger partial charge is 0.147 e. The number of hydrogen-bond acceptors (Lipinski definition) is 4. The molecule has 0 spiro atoms. The Hall–Kier alpha value is 0.990. The summed E-state index contributed by atoms with van der Waals surface area (Å²) in [5, 5.41) is 0. The van der Waals surface area contributed by atoms with E-state index in [1.54, 1.807) is 0 Å². The maximum atomic E-state index is 10.5. The van der Waals surface area contributed by atoms with E-state index in [2.05, 4.69) is 0 Å². The molecular formula is C4H9IO3S2. The lowest BCUT2D eigenvalue weighted by Crippen LogP contribution is -2.04. The Morgan fingerprint density at radius 3 is 2.60 bits per heavy atom. The van der Waals surface area contributed by atoms with E-state index in [1.807, 2.05) is 21.2 Å². The summed E-state index contributed by atoms with van der Waals surface area (Å²) in [5.41, 5.74) is 0. The highest BCUT2D eigenvalue weighted by atomic mass is 127. The first kappa shape index (κ1) is 11.0. The zero-order valence-corrected chi connectivity index (χ0v) is 9.33. The first-order valence-corrected chi connectivity index (χ1v) is 7.98. The molecule has 0 unspecified atom stereocenters. The van der Waals surface area contributed by atoms with Gasteiger partial charge in [-0.05, 0) is 6.42 Å². The van der Waals surface area contributed by atoms with E-state index in [0.717, 1.165) is 0 Å². The van der Waals surface area contributed by atoms with Crippen molar-refractivity contribution in [3.63, 3.8) is 0 Å². The van der Waals surface area contributed by atoms with Crippen molar-refractivity contribution in [1.29, 1.82) is 0 Å². The van der Waals surface area contributed by atoms with E-state index in [1.165, 1.54) is 15.5 Å². The molecule has 0 N–H and O–H groups in total. The summed E-state index contributed by atoms with van der Waals surface area (Å²) < 4.78 is 25.9. The molecule has 0 bridgehead atoms. The molecule has 0 aliphatic carbocycles. The summed E-state index contributed by atoms with van der Waals surface area (Å²) in [6, 6.07) is 0. The molecule has 10 heavy (non-hydrogen) atoms. The fourth-order valence-electron chi connectivity index (χ4n) is 0.412. The fourth-order valence-corrected chi connectivity index (χ4v) is 1.77. The maximum Gasteiger partial charge on any atom is 0.147 e. The van der Waals surface area contributed by atoms with Crippen LogP contribution < -0.4 is 0 Å². The van der Waals surface area contributed by atoms with Gasteiger partial charge in [0.1, 0.15) is 9.84 Å². The van der Waals surface area contributed by atoms with Crippen LogP contribution in [0.15, 0.2) is 0 Å². The third-order valence-electron chi connectivity index (χ3n) is 0.787. The van der Waals surface area contributed by atoms with Crippen molar-refractivity contribution in [3.8, 4) is 0 Å². The van der Waals surface area contributed by atoms with Gasteiger partial charge >= 0.3 is 0 Å². The molecule has 0 fully saturated rings. The summed E-state index contributed by atoms with van der Waals surface area (Å²) in [7, 11) is -1.57. The van der Waals surface area contributed by atoms with Gasteiger partial charge in [0.05, 0.1) is 21.6 Å². The van der Waals surface area contributed by atoms with Gasteiger partial charge in [-0.3, -0.25) is 0 Å². The Morgan fingerprint density at radius 1 is 1.60 bits per heavy atom. The van der Waals surface area contributed by atoms with Crippen molar-refractivity contribution in [3.05, 3.63) is 0 Å². The minimum absolute atomic E-state index is 0.212. The first-order chi connectivity index (χ1) is 4.56. The lowest BCUT2D eigenvalue weighted by molar-refractivity contribution is 0.380. The van der Waals surface area contributed by atoms with Gasteiger partial charge in [0.25, 0.3) is 0 Å². The molecule has 0 aromatic rings. The second-order valence-corrected chi connectivity index (χ2v) is 5.57. The van der Waals surface area contributed by atoms with Crippen LogP contribution in [0.1, 0.15) is 6.42 Å². The highest BCUT2D eigenvalue weighted by Gasteiger charge is 2.00. The molecule has 0 amide bonds. The third kappa shape index (κ3) is 8.99. The average molecular weight is 296 g/mol. The average Bonchev–Trinajstić information content (AvgIpc) is 1.78. The molecule has 6 heteroatoms. The summed E-state index contributed by atoms with van der Waals surface area (Å²) in [4.78, 5) is 0. The highest BCUT2D eigenvalue weighted by Crippen LogP contribution is 2.12. The van der Waals surface area contributed by atoms with Crippen LogP contribution in [-0.4, -0.2) is 27.0 Å². The van der Waals surface area contributed by atoms with Gasteiger partial charge < -0.3 is 4.18 Å². The van der Waals surface area contributed by atoms with E-state index in [9.17, 15) is 8.42 Å². The SMILES string of the molecule is CS(=O)(=O)CCCOSI. The third-order valence-corrected chi connectivity index (χ3v) is 2.84. The van der Waals surface area contributed by atoms with Crippen LogP contribution in [0.25, 0.3) is 0 Å². The van der Waals surface area contributed by atoms with Crippen LogP contribution in [0.4, 0.5) is 0 Å². The Bertz CT molecular complexity index is 165. The maximum absolute atomic E-state index is 10.5. The second kappa shape index (κ2) is 5.62. The van der Waals surface area contributed by atoms with E-state index < -0.39 is 9.84 Å². The zero-order chi connectivity index (χ0) is 8.04. The van der Waals surface area contributed by atoms with Crippen molar-refractivity contribution in [2.45, 2.75) is 6.42 Å². The number of hydrogen-bond donors (Lipinski definition) is 0.